The summed E-state index contributed by atoms with van der Waals surface area (Å²) in [5.74, 6) is 1.14. The molecule has 378 valence electrons. The summed E-state index contributed by atoms with van der Waals surface area (Å²) in [4.78, 5) is 5.58. The molecular weight excluding hydrogens is 981 g/mol. The Morgan fingerprint density at radius 1 is 0.519 bits per heavy atom. The van der Waals surface area contributed by atoms with E-state index >= 15 is 0 Å². The highest BCUT2D eigenvalue weighted by molar-refractivity contribution is 7.25. The first-order valence-corrected chi connectivity index (χ1v) is 28.2. The van der Waals surface area contributed by atoms with E-state index in [9.17, 15) is 0 Å². The standard InChI is InChI=1S/C73H54N4OS/c1-44-53-24-12-13-25-54(53)55-33-30-49(38-61(44)55)45(2)76-73(51-32-35-58-57-26-15-17-29-68(57)79-69(58)42-51)75-43-64(74)52-39-62(47-20-8-4-9-21-47)71(63(40-52)48-22-10-5-11-23-48)77-65-28-16-14-27-60(65)70-66(77)37-36-59-56-34-31-50(41-67(56)78-72(59)70)46-18-6-3-7-19-46/h3-42,44-45,64H,43,74H2,1-2H3,(H,75,76)/t44-,45?,64?/m0/s1. The Bertz CT molecular complexity index is 4660. The third-order valence-electron chi connectivity index (χ3n) is 16.5. The summed E-state index contributed by atoms with van der Waals surface area (Å²) in [5.41, 5.74) is 27.8. The molecule has 0 fully saturated rings. The molecule has 3 N–H and O–H groups in total. The van der Waals surface area contributed by atoms with Crippen LogP contribution >= 0.6 is 11.3 Å². The van der Waals surface area contributed by atoms with Crippen molar-refractivity contribution in [3.05, 3.63) is 270 Å². The Labute approximate surface area is 462 Å². The van der Waals surface area contributed by atoms with Gasteiger partial charge in [-0.2, -0.15) is 0 Å². The van der Waals surface area contributed by atoms with Crippen LogP contribution in [-0.4, -0.2) is 16.9 Å². The van der Waals surface area contributed by atoms with Gasteiger partial charge in [-0.1, -0.05) is 195 Å². The van der Waals surface area contributed by atoms with Crippen LogP contribution in [0.4, 0.5) is 0 Å². The number of benzene rings is 11. The number of nitrogens with one attached hydrogen (secondary N) is 1. The number of hydrogen-bond acceptors (Lipinski definition) is 4. The predicted octanol–water partition coefficient (Wildman–Crippen LogP) is 19.0. The van der Waals surface area contributed by atoms with Crippen LogP contribution in [0.3, 0.4) is 0 Å². The molecule has 1 aliphatic rings. The maximum absolute atomic E-state index is 7.58. The lowest BCUT2D eigenvalue weighted by Crippen LogP contribution is -2.33. The minimum atomic E-state index is -0.416. The van der Waals surface area contributed by atoms with Gasteiger partial charge in [-0.15, -0.1) is 11.3 Å². The summed E-state index contributed by atoms with van der Waals surface area (Å²) in [6.07, 6.45) is 0. The van der Waals surface area contributed by atoms with Crippen LogP contribution in [0.1, 0.15) is 59.7 Å². The number of nitrogens with zero attached hydrogens (tertiary/aromatic N) is 2. The third-order valence-corrected chi connectivity index (χ3v) is 17.7. The average Bonchev–Trinajstić information content (AvgIpc) is 4.43. The number of nitrogens with two attached hydrogens (primary N) is 1. The fraction of sp³-hybridized carbons (Fsp3) is 0.0822. The Hall–Kier alpha value is -9.33. The molecule has 11 aromatic carbocycles. The summed E-state index contributed by atoms with van der Waals surface area (Å²) >= 11 is 1.82. The van der Waals surface area contributed by atoms with Gasteiger partial charge in [-0.25, -0.2) is 0 Å². The Kier molecular flexibility index (Phi) is 11.3. The largest absolute Gasteiger partial charge is 0.455 e. The normalized spacial score (nSPS) is 14.2. The number of amidine groups is 1. The van der Waals surface area contributed by atoms with Crippen LogP contribution in [0.2, 0.25) is 0 Å². The molecule has 15 rings (SSSR count). The van der Waals surface area contributed by atoms with Crippen molar-refractivity contribution in [2.45, 2.75) is 31.8 Å². The molecule has 0 aliphatic heterocycles. The summed E-state index contributed by atoms with van der Waals surface area (Å²) in [6.45, 7) is 4.97. The summed E-state index contributed by atoms with van der Waals surface area (Å²) < 4.78 is 12.0. The van der Waals surface area contributed by atoms with Crippen LogP contribution in [0.25, 0.3) is 114 Å². The molecule has 0 saturated heterocycles. The number of thiophene rings is 1. The average molecular weight is 1040 g/mol. The third kappa shape index (κ3) is 7.89. The summed E-state index contributed by atoms with van der Waals surface area (Å²) in [6, 6.07) is 87.2. The van der Waals surface area contributed by atoms with Crippen LogP contribution < -0.4 is 11.1 Å². The Balaban J connectivity index is 0.866. The number of fused-ring (bicyclic) bond motifs is 13. The van der Waals surface area contributed by atoms with Gasteiger partial charge in [0.15, 0.2) is 0 Å². The second-order valence-electron chi connectivity index (χ2n) is 21.2. The van der Waals surface area contributed by atoms with E-state index in [2.05, 4.69) is 266 Å². The van der Waals surface area contributed by atoms with Crippen molar-refractivity contribution in [2.75, 3.05) is 6.54 Å². The lowest BCUT2D eigenvalue weighted by atomic mass is 9.90. The van der Waals surface area contributed by atoms with Gasteiger partial charge < -0.3 is 20.0 Å². The molecule has 6 heteroatoms. The van der Waals surface area contributed by atoms with E-state index in [0.717, 1.165) is 99.8 Å². The van der Waals surface area contributed by atoms with Gasteiger partial charge in [0.2, 0.25) is 0 Å². The minimum Gasteiger partial charge on any atom is -0.455 e. The minimum absolute atomic E-state index is 0.134. The molecule has 79 heavy (non-hydrogen) atoms. The number of aromatic nitrogens is 1. The van der Waals surface area contributed by atoms with E-state index in [0.29, 0.717) is 12.5 Å². The van der Waals surface area contributed by atoms with Crippen LogP contribution in [-0.2, 0) is 0 Å². The molecule has 0 spiro atoms. The molecule has 0 amide bonds. The summed E-state index contributed by atoms with van der Waals surface area (Å²) in [7, 11) is 0. The van der Waals surface area contributed by atoms with Crippen LogP contribution in [0, 0.1) is 0 Å². The van der Waals surface area contributed by atoms with E-state index < -0.39 is 6.04 Å². The Morgan fingerprint density at radius 3 is 1.92 bits per heavy atom. The van der Waals surface area contributed by atoms with Crippen molar-refractivity contribution >= 4 is 81.1 Å². The molecule has 14 aromatic rings. The first-order valence-electron chi connectivity index (χ1n) is 27.4. The number of furan rings is 1. The summed E-state index contributed by atoms with van der Waals surface area (Å²) in [5, 5.41) is 10.8. The molecule has 5 nitrogen and oxygen atoms in total. The zero-order valence-electron chi connectivity index (χ0n) is 43.8. The molecular formula is C73H54N4OS. The highest BCUT2D eigenvalue weighted by Crippen LogP contribution is 2.48. The highest BCUT2D eigenvalue weighted by atomic mass is 32.1. The van der Waals surface area contributed by atoms with E-state index in [1.165, 1.54) is 48.0 Å². The first kappa shape index (κ1) is 46.9. The van der Waals surface area contributed by atoms with Crippen molar-refractivity contribution in [1.29, 1.82) is 0 Å². The second-order valence-corrected chi connectivity index (χ2v) is 22.3. The van der Waals surface area contributed by atoms with Gasteiger partial charge in [-0.05, 0) is 117 Å². The molecule has 1 aliphatic carbocycles. The first-order chi connectivity index (χ1) is 38.9. The van der Waals surface area contributed by atoms with E-state index in [4.69, 9.17) is 15.1 Å². The second kappa shape index (κ2) is 19.0. The molecule has 0 bridgehead atoms. The van der Waals surface area contributed by atoms with Crippen molar-refractivity contribution in [3.8, 4) is 50.2 Å². The van der Waals surface area contributed by atoms with Gasteiger partial charge in [0.1, 0.15) is 17.0 Å². The van der Waals surface area contributed by atoms with Crippen molar-refractivity contribution in [3.63, 3.8) is 0 Å². The monoisotopic (exact) mass is 1030 g/mol. The maximum atomic E-state index is 7.58. The van der Waals surface area contributed by atoms with Gasteiger partial charge >= 0.3 is 0 Å². The van der Waals surface area contributed by atoms with Crippen molar-refractivity contribution < 1.29 is 4.42 Å². The van der Waals surface area contributed by atoms with Crippen molar-refractivity contribution in [2.24, 2.45) is 10.7 Å². The lowest BCUT2D eigenvalue weighted by molar-refractivity contribution is 0.673. The molecule has 3 aromatic heterocycles. The molecule has 3 heterocycles. The van der Waals surface area contributed by atoms with E-state index in [1.807, 2.05) is 11.3 Å². The fourth-order valence-electron chi connectivity index (χ4n) is 12.5. The predicted molar refractivity (Wildman–Crippen MR) is 333 cm³/mol. The number of rotatable bonds is 10. The maximum Gasteiger partial charge on any atom is 0.145 e. The van der Waals surface area contributed by atoms with Gasteiger partial charge in [-0.3, -0.25) is 4.99 Å². The van der Waals surface area contributed by atoms with Gasteiger partial charge in [0, 0.05) is 71.5 Å². The highest BCUT2D eigenvalue weighted by Gasteiger charge is 2.28. The molecule has 0 saturated carbocycles. The zero-order chi connectivity index (χ0) is 52.7. The van der Waals surface area contributed by atoms with E-state index in [1.54, 1.807) is 0 Å². The molecule has 0 radical (unpaired) electrons. The van der Waals surface area contributed by atoms with Crippen molar-refractivity contribution in [1.82, 2.24) is 9.88 Å². The Morgan fingerprint density at radius 2 is 1.15 bits per heavy atom. The quantitative estimate of drug-likeness (QED) is 0.106. The lowest BCUT2D eigenvalue weighted by Gasteiger charge is -2.23. The number of para-hydroxylation sites is 1. The SMILES string of the molecule is CC(N=C(NCC(N)c1cc(-c2ccccc2)c(-n2c3ccccc3c3c4oc5cc(-c6ccccc6)ccc5c4ccc32)c(-c2ccccc2)c1)c1ccc2c(c1)sc1ccccc12)c1ccc2c(c1)[C@@H](C)c1ccccc1-2. The van der Waals surface area contributed by atoms with Gasteiger partial charge in [0.05, 0.1) is 28.1 Å². The fourth-order valence-corrected chi connectivity index (χ4v) is 13.7. The van der Waals surface area contributed by atoms with Gasteiger partial charge in [0.25, 0.3) is 0 Å². The molecule has 3 atom stereocenters. The van der Waals surface area contributed by atoms with E-state index in [-0.39, 0.29) is 6.04 Å². The topological polar surface area (TPSA) is 68.5 Å². The smallest absolute Gasteiger partial charge is 0.145 e. The van der Waals surface area contributed by atoms with Crippen LogP contribution in [0.5, 0.6) is 0 Å². The molecule has 2 unspecified atom stereocenters. The zero-order valence-corrected chi connectivity index (χ0v) is 44.6. The number of hydrogen-bond donors (Lipinski definition) is 2. The van der Waals surface area contributed by atoms with Crippen LogP contribution in [0.15, 0.2) is 252 Å². The number of aliphatic imine (C=N–C) groups is 1.